The fraction of sp³-hybridized carbons (Fsp3) is 0.818. The van der Waals surface area contributed by atoms with Crippen molar-refractivity contribution in [3.63, 3.8) is 0 Å². The lowest BCUT2D eigenvalue weighted by atomic mass is 10.0. The SMILES string of the molecule is O=C(CCl)NC1CCN(C(=O)C2CC2)CC1. The zero-order valence-corrected chi connectivity index (χ0v) is 10.0. The molecule has 0 bridgehead atoms. The zero-order chi connectivity index (χ0) is 11.5. The van der Waals surface area contributed by atoms with Crippen molar-refractivity contribution in [1.29, 1.82) is 0 Å². The number of alkyl halides is 1. The average molecular weight is 245 g/mol. The van der Waals surface area contributed by atoms with Crippen molar-refractivity contribution in [3.8, 4) is 0 Å². The summed E-state index contributed by atoms with van der Waals surface area (Å²) in [5, 5.41) is 2.86. The first-order valence-electron chi connectivity index (χ1n) is 5.85. The first-order chi connectivity index (χ1) is 7.70. The number of likely N-dealkylation sites (tertiary alicyclic amines) is 1. The van der Waals surface area contributed by atoms with Gasteiger partial charge < -0.3 is 10.2 Å². The molecule has 0 aromatic carbocycles. The number of hydrogen-bond donors (Lipinski definition) is 1. The Morgan fingerprint density at radius 2 is 1.81 bits per heavy atom. The highest BCUT2D eigenvalue weighted by atomic mass is 35.5. The minimum atomic E-state index is -0.117. The third-order valence-electron chi connectivity index (χ3n) is 3.22. The predicted molar refractivity (Wildman–Crippen MR) is 61.2 cm³/mol. The Kier molecular flexibility index (Phi) is 3.69. The Balaban J connectivity index is 1.73. The Bertz CT molecular complexity index is 284. The van der Waals surface area contributed by atoms with E-state index in [0.717, 1.165) is 38.8 Å². The van der Waals surface area contributed by atoms with Crippen LogP contribution in [-0.2, 0) is 9.59 Å². The molecule has 1 aliphatic heterocycles. The molecule has 1 saturated heterocycles. The van der Waals surface area contributed by atoms with E-state index in [1.165, 1.54) is 0 Å². The van der Waals surface area contributed by atoms with Crippen molar-refractivity contribution in [2.24, 2.45) is 5.92 Å². The maximum Gasteiger partial charge on any atom is 0.235 e. The summed E-state index contributed by atoms with van der Waals surface area (Å²) in [5.41, 5.74) is 0. The lowest BCUT2D eigenvalue weighted by molar-refractivity contribution is -0.133. The smallest absolute Gasteiger partial charge is 0.235 e. The highest BCUT2D eigenvalue weighted by Gasteiger charge is 2.34. The Morgan fingerprint density at radius 1 is 1.19 bits per heavy atom. The Labute approximate surface area is 100 Å². The van der Waals surface area contributed by atoms with E-state index in [2.05, 4.69) is 5.32 Å². The van der Waals surface area contributed by atoms with Crippen LogP contribution in [0.25, 0.3) is 0 Å². The second-order valence-corrected chi connectivity index (χ2v) is 4.84. The van der Waals surface area contributed by atoms with E-state index in [1.807, 2.05) is 4.90 Å². The summed E-state index contributed by atoms with van der Waals surface area (Å²) in [7, 11) is 0. The largest absolute Gasteiger partial charge is 0.352 e. The van der Waals surface area contributed by atoms with Gasteiger partial charge in [-0.15, -0.1) is 11.6 Å². The predicted octanol–water partition coefficient (Wildman–Crippen LogP) is 0.742. The number of halogens is 1. The second-order valence-electron chi connectivity index (χ2n) is 4.57. The van der Waals surface area contributed by atoms with Crippen LogP contribution in [0.4, 0.5) is 0 Å². The van der Waals surface area contributed by atoms with Crippen LogP contribution in [0.3, 0.4) is 0 Å². The number of carbonyl (C=O) groups excluding carboxylic acids is 2. The van der Waals surface area contributed by atoms with Crippen LogP contribution < -0.4 is 5.32 Å². The summed E-state index contributed by atoms with van der Waals surface area (Å²) in [5.74, 6) is 0.506. The van der Waals surface area contributed by atoms with Crippen molar-refractivity contribution in [1.82, 2.24) is 10.2 Å². The number of piperidine rings is 1. The van der Waals surface area contributed by atoms with Crippen LogP contribution in [-0.4, -0.2) is 41.7 Å². The number of rotatable bonds is 3. The monoisotopic (exact) mass is 244 g/mol. The molecule has 0 unspecified atom stereocenters. The van der Waals surface area contributed by atoms with Crippen molar-refractivity contribution in [2.45, 2.75) is 31.7 Å². The first-order valence-corrected chi connectivity index (χ1v) is 6.38. The van der Waals surface area contributed by atoms with Crippen LogP contribution in [0, 0.1) is 5.92 Å². The highest BCUT2D eigenvalue weighted by molar-refractivity contribution is 6.27. The van der Waals surface area contributed by atoms with Gasteiger partial charge in [0.1, 0.15) is 5.88 Å². The summed E-state index contributed by atoms with van der Waals surface area (Å²) >= 11 is 5.42. The van der Waals surface area contributed by atoms with Gasteiger partial charge in [-0.25, -0.2) is 0 Å². The van der Waals surface area contributed by atoms with E-state index in [4.69, 9.17) is 11.6 Å². The molecule has 1 aliphatic carbocycles. The first kappa shape index (κ1) is 11.7. The molecule has 2 aliphatic rings. The van der Waals surface area contributed by atoms with Crippen molar-refractivity contribution < 1.29 is 9.59 Å². The van der Waals surface area contributed by atoms with Crippen LogP contribution >= 0.6 is 11.6 Å². The van der Waals surface area contributed by atoms with Gasteiger partial charge in [0.25, 0.3) is 0 Å². The fourth-order valence-electron chi connectivity index (χ4n) is 2.10. The highest BCUT2D eigenvalue weighted by Crippen LogP contribution is 2.31. The van der Waals surface area contributed by atoms with Gasteiger partial charge in [0, 0.05) is 25.0 Å². The van der Waals surface area contributed by atoms with E-state index in [9.17, 15) is 9.59 Å². The van der Waals surface area contributed by atoms with Gasteiger partial charge in [0.2, 0.25) is 11.8 Å². The summed E-state index contributed by atoms with van der Waals surface area (Å²) in [6.07, 6.45) is 3.81. The molecule has 4 nitrogen and oxygen atoms in total. The van der Waals surface area contributed by atoms with E-state index < -0.39 is 0 Å². The minimum Gasteiger partial charge on any atom is -0.352 e. The molecular weight excluding hydrogens is 228 g/mol. The molecule has 1 saturated carbocycles. The van der Waals surface area contributed by atoms with Gasteiger partial charge in [0.05, 0.1) is 0 Å². The molecule has 2 fully saturated rings. The zero-order valence-electron chi connectivity index (χ0n) is 9.25. The molecule has 0 spiro atoms. The molecule has 1 N–H and O–H groups in total. The quantitative estimate of drug-likeness (QED) is 0.745. The Hall–Kier alpha value is -0.770. The summed E-state index contributed by atoms with van der Waals surface area (Å²) < 4.78 is 0. The van der Waals surface area contributed by atoms with Crippen LogP contribution in [0.15, 0.2) is 0 Å². The minimum absolute atomic E-state index is 0.0151. The number of amides is 2. The average Bonchev–Trinajstić information content (AvgIpc) is 3.13. The van der Waals surface area contributed by atoms with Gasteiger partial charge in [-0.05, 0) is 25.7 Å². The lowest BCUT2D eigenvalue weighted by Gasteiger charge is -2.32. The van der Waals surface area contributed by atoms with Crippen LogP contribution in [0.5, 0.6) is 0 Å². The molecule has 0 aromatic rings. The van der Waals surface area contributed by atoms with Gasteiger partial charge in [-0.3, -0.25) is 9.59 Å². The molecule has 2 amide bonds. The molecule has 0 aromatic heterocycles. The molecule has 90 valence electrons. The molecule has 16 heavy (non-hydrogen) atoms. The number of carbonyl (C=O) groups is 2. The molecule has 0 atom stereocenters. The van der Waals surface area contributed by atoms with Gasteiger partial charge in [-0.2, -0.15) is 0 Å². The van der Waals surface area contributed by atoms with Crippen LogP contribution in [0.2, 0.25) is 0 Å². The van der Waals surface area contributed by atoms with Crippen molar-refractivity contribution >= 4 is 23.4 Å². The van der Waals surface area contributed by atoms with E-state index in [-0.39, 0.29) is 17.8 Å². The molecule has 2 rings (SSSR count). The molecule has 5 heteroatoms. The van der Waals surface area contributed by atoms with E-state index in [0.29, 0.717) is 11.8 Å². The summed E-state index contributed by atoms with van der Waals surface area (Å²) in [6, 6.07) is 0.189. The maximum atomic E-state index is 11.8. The van der Waals surface area contributed by atoms with Crippen molar-refractivity contribution in [2.75, 3.05) is 19.0 Å². The summed E-state index contributed by atoms with van der Waals surface area (Å²) in [4.78, 5) is 24.8. The van der Waals surface area contributed by atoms with E-state index >= 15 is 0 Å². The normalized spacial score (nSPS) is 21.9. The van der Waals surface area contributed by atoms with Gasteiger partial charge >= 0.3 is 0 Å². The topological polar surface area (TPSA) is 49.4 Å². The lowest BCUT2D eigenvalue weighted by Crippen LogP contribution is -2.47. The molecular formula is C11H17ClN2O2. The second kappa shape index (κ2) is 5.04. The Morgan fingerprint density at radius 3 is 2.31 bits per heavy atom. The standard InChI is InChI=1S/C11H17ClN2O2/c12-7-10(15)13-9-3-5-14(6-4-9)11(16)8-1-2-8/h8-9H,1-7H2,(H,13,15). The molecule has 0 radical (unpaired) electrons. The maximum absolute atomic E-state index is 11.8. The molecule has 1 heterocycles. The van der Waals surface area contributed by atoms with Gasteiger partial charge in [0.15, 0.2) is 0 Å². The van der Waals surface area contributed by atoms with Crippen LogP contribution in [0.1, 0.15) is 25.7 Å². The number of nitrogens with zero attached hydrogens (tertiary/aromatic N) is 1. The number of hydrogen-bond acceptors (Lipinski definition) is 2. The third-order valence-corrected chi connectivity index (χ3v) is 3.46. The number of nitrogens with one attached hydrogen (secondary N) is 1. The van der Waals surface area contributed by atoms with Gasteiger partial charge in [-0.1, -0.05) is 0 Å². The summed E-state index contributed by atoms with van der Waals surface area (Å²) in [6.45, 7) is 1.53. The fourth-order valence-corrected chi connectivity index (χ4v) is 2.18. The third kappa shape index (κ3) is 2.88. The van der Waals surface area contributed by atoms with E-state index in [1.54, 1.807) is 0 Å². The van der Waals surface area contributed by atoms with Crippen molar-refractivity contribution in [3.05, 3.63) is 0 Å².